The van der Waals surface area contributed by atoms with E-state index in [0.717, 1.165) is 0 Å². The topological polar surface area (TPSA) is 243 Å². The molecular formula is C48H32O12. The van der Waals surface area contributed by atoms with E-state index in [9.17, 15) is 61.3 Å². The van der Waals surface area contributed by atoms with Gasteiger partial charge in [0.1, 0.15) is 0 Å². The molecule has 0 amide bonds. The van der Waals surface area contributed by atoms with Gasteiger partial charge in [-0.1, -0.05) is 48.5 Å². The lowest BCUT2D eigenvalue weighted by atomic mass is 9.78. The van der Waals surface area contributed by atoms with Crippen molar-refractivity contribution < 1.29 is 61.3 Å². The van der Waals surface area contributed by atoms with Gasteiger partial charge in [0.05, 0.1) is 0 Å². The largest absolute Gasteiger partial charge is 0.504 e. The van der Waals surface area contributed by atoms with E-state index in [-0.39, 0.29) is 0 Å². The predicted octanol–water partition coefficient (Wildman–Crippen LogP) is 9.80. The fourth-order valence-corrected chi connectivity index (χ4v) is 7.81. The Morgan fingerprint density at radius 3 is 0.500 bits per heavy atom. The summed E-state index contributed by atoms with van der Waals surface area (Å²) in [6, 6.07) is 32.4. The van der Waals surface area contributed by atoms with Crippen LogP contribution in [0.25, 0.3) is 89.0 Å². The summed E-state index contributed by atoms with van der Waals surface area (Å²) in [5, 5.41) is 124. The molecule has 0 bridgehead atoms. The average Bonchev–Trinajstić information content (AvgIpc) is 3.23. The molecule has 0 saturated carbocycles. The molecule has 0 aromatic heterocycles. The number of benzene rings is 8. The van der Waals surface area contributed by atoms with Crippen molar-refractivity contribution in [2.24, 2.45) is 0 Å². The van der Waals surface area contributed by atoms with Crippen molar-refractivity contribution in [2.45, 2.75) is 0 Å². The second-order valence-corrected chi connectivity index (χ2v) is 14.5. The molecule has 0 fully saturated rings. The van der Waals surface area contributed by atoms with Crippen molar-refractivity contribution in [2.75, 3.05) is 0 Å². The van der Waals surface area contributed by atoms with Crippen LogP contribution in [0.3, 0.4) is 0 Å². The number of aromatic hydroxyl groups is 12. The molecule has 8 aromatic carbocycles. The predicted molar refractivity (Wildman–Crippen MR) is 223 cm³/mol. The van der Waals surface area contributed by atoms with E-state index >= 15 is 0 Å². The molecule has 8 aromatic rings. The fourth-order valence-electron chi connectivity index (χ4n) is 7.81. The third-order valence-corrected chi connectivity index (χ3v) is 10.9. The first-order chi connectivity index (χ1) is 28.7. The van der Waals surface area contributed by atoms with Crippen LogP contribution in [0.15, 0.2) is 121 Å². The molecule has 60 heavy (non-hydrogen) atoms. The molecule has 0 saturated heterocycles. The van der Waals surface area contributed by atoms with Crippen LogP contribution < -0.4 is 0 Å². The van der Waals surface area contributed by atoms with Gasteiger partial charge in [-0.25, -0.2) is 0 Å². The highest BCUT2D eigenvalue weighted by Gasteiger charge is 2.26. The Morgan fingerprint density at radius 1 is 0.167 bits per heavy atom. The highest BCUT2D eigenvalue weighted by Crippen LogP contribution is 2.53. The second-order valence-electron chi connectivity index (χ2n) is 14.5. The quantitative estimate of drug-likeness (QED) is 0.0744. The summed E-state index contributed by atoms with van der Waals surface area (Å²) in [5.74, 6) is -6.94. The van der Waals surface area contributed by atoms with E-state index in [0.29, 0.717) is 89.0 Å². The minimum absolute atomic E-state index is 0.381. The molecule has 9 rings (SSSR count). The van der Waals surface area contributed by atoms with Crippen LogP contribution in [-0.4, -0.2) is 61.3 Å². The fraction of sp³-hybridized carbons (Fsp3) is 0. The molecule has 0 spiro atoms. The van der Waals surface area contributed by atoms with E-state index < -0.39 is 69.0 Å². The van der Waals surface area contributed by atoms with Crippen LogP contribution >= 0.6 is 0 Å². The van der Waals surface area contributed by atoms with Crippen molar-refractivity contribution in [3.05, 3.63) is 121 Å². The molecule has 0 unspecified atom stereocenters. The maximum absolute atomic E-state index is 10.5. The van der Waals surface area contributed by atoms with Gasteiger partial charge in [-0.05, 0) is 162 Å². The number of phenolic OH excluding ortho intramolecular Hbond substituents is 12. The summed E-state index contributed by atoms with van der Waals surface area (Å²) in [6.45, 7) is 0. The lowest BCUT2D eigenvalue weighted by molar-refractivity contribution is 0.368. The SMILES string of the molecule is Oc1cc(-c2ccc3c(c2)-c2cc(-c4cc(O)c(O)c(O)c4)ccc2-c2ccc(-c4cc(O)c(O)c(O)c4)cc2-c2cc(-c4cc(O)c(O)c(O)c4)ccc2-3)cc(O)c1O. The van der Waals surface area contributed by atoms with Gasteiger partial charge in [-0.15, -0.1) is 0 Å². The molecule has 1 aliphatic rings. The number of hydrogen-bond acceptors (Lipinski definition) is 12. The zero-order chi connectivity index (χ0) is 42.3. The minimum atomic E-state index is -0.672. The first-order valence-corrected chi connectivity index (χ1v) is 18.3. The van der Waals surface area contributed by atoms with Gasteiger partial charge in [0, 0.05) is 0 Å². The van der Waals surface area contributed by atoms with E-state index in [4.69, 9.17) is 0 Å². The van der Waals surface area contributed by atoms with Crippen LogP contribution in [0.2, 0.25) is 0 Å². The summed E-state index contributed by atoms with van der Waals surface area (Å²) in [4.78, 5) is 0. The molecule has 0 aliphatic heterocycles. The van der Waals surface area contributed by atoms with Crippen molar-refractivity contribution in [3.8, 4) is 158 Å². The molecule has 1 aliphatic carbocycles. The van der Waals surface area contributed by atoms with Gasteiger partial charge in [0.15, 0.2) is 69.0 Å². The molecule has 12 nitrogen and oxygen atoms in total. The lowest BCUT2D eigenvalue weighted by Gasteiger charge is -2.25. The molecule has 12 N–H and O–H groups in total. The third-order valence-electron chi connectivity index (χ3n) is 10.9. The smallest absolute Gasteiger partial charge is 0.200 e. The first kappa shape index (κ1) is 37.0. The molecular weight excluding hydrogens is 769 g/mol. The number of hydrogen-bond donors (Lipinski definition) is 12. The molecule has 0 atom stereocenters. The summed E-state index contributed by atoms with van der Waals surface area (Å²) in [6.07, 6.45) is 0. The van der Waals surface area contributed by atoms with Crippen molar-refractivity contribution >= 4 is 0 Å². The van der Waals surface area contributed by atoms with E-state index in [2.05, 4.69) is 0 Å². The van der Waals surface area contributed by atoms with Crippen molar-refractivity contribution in [1.82, 2.24) is 0 Å². The summed E-state index contributed by atoms with van der Waals surface area (Å²) in [5.41, 5.74) is 9.09. The highest BCUT2D eigenvalue weighted by atomic mass is 16.3. The van der Waals surface area contributed by atoms with Crippen LogP contribution in [-0.2, 0) is 0 Å². The highest BCUT2D eigenvalue weighted by molar-refractivity contribution is 6.06. The second kappa shape index (κ2) is 13.5. The van der Waals surface area contributed by atoms with E-state index in [1.807, 2.05) is 48.5 Å². The zero-order valence-corrected chi connectivity index (χ0v) is 30.9. The molecule has 12 heteroatoms. The first-order valence-electron chi connectivity index (χ1n) is 18.3. The Kier molecular flexibility index (Phi) is 8.31. The Labute approximate surface area is 339 Å². The van der Waals surface area contributed by atoms with Crippen molar-refractivity contribution in [1.29, 1.82) is 0 Å². The van der Waals surface area contributed by atoms with Gasteiger partial charge in [-0.3, -0.25) is 0 Å². The Hall–Kier alpha value is -8.64. The van der Waals surface area contributed by atoms with E-state index in [1.165, 1.54) is 48.5 Å². The summed E-state index contributed by atoms with van der Waals surface area (Å²) < 4.78 is 0. The van der Waals surface area contributed by atoms with Crippen LogP contribution in [0.4, 0.5) is 0 Å². The molecule has 296 valence electrons. The van der Waals surface area contributed by atoms with Crippen LogP contribution in [0.1, 0.15) is 0 Å². The van der Waals surface area contributed by atoms with Crippen molar-refractivity contribution in [3.63, 3.8) is 0 Å². The Bertz CT molecular complexity index is 2620. The standard InChI is InChI=1S/C48H32O12/c49-37-13-25(14-38(50)45(37)57)21-1-5-29-30-6-2-22(26-15-39(51)46(58)40(52)16-26)10-34(30)36-12-24(28-19-43(55)48(60)44(56)20-28)4-8-32(36)31-7-3-23(11-35(31)33(29)9-21)27-17-41(53)47(59)42(54)18-27/h1-20,49-60H. The van der Waals surface area contributed by atoms with Gasteiger partial charge < -0.3 is 61.3 Å². The molecule has 0 radical (unpaired) electrons. The Balaban J connectivity index is 1.38. The van der Waals surface area contributed by atoms with E-state index in [1.54, 1.807) is 24.3 Å². The van der Waals surface area contributed by atoms with Gasteiger partial charge in [0.2, 0.25) is 0 Å². The zero-order valence-electron chi connectivity index (χ0n) is 30.9. The maximum atomic E-state index is 10.5. The van der Waals surface area contributed by atoms with Gasteiger partial charge >= 0.3 is 0 Å². The van der Waals surface area contributed by atoms with Crippen LogP contribution in [0.5, 0.6) is 69.0 Å². The van der Waals surface area contributed by atoms with Gasteiger partial charge in [-0.2, -0.15) is 0 Å². The van der Waals surface area contributed by atoms with Crippen LogP contribution in [0, 0.1) is 0 Å². The maximum Gasteiger partial charge on any atom is 0.200 e. The number of fused-ring (bicyclic) bond motifs is 8. The molecule has 0 heterocycles. The summed E-state index contributed by atoms with van der Waals surface area (Å²) in [7, 11) is 0. The summed E-state index contributed by atoms with van der Waals surface area (Å²) >= 11 is 0. The average molecular weight is 801 g/mol. The minimum Gasteiger partial charge on any atom is -0.504 e. The lowest BCUT2D eigenvalue weighted by Crippen LogP contribution is -1.99. The normalized spacial score (nSPS) is 11.5. The Morgan fingerprint density at radius 2 is 0.333 bits per heavy atom. The number of rotatable bonds is 4. The monoisotopic (exact) mass is 800 g/mol. The van der Waals surface area contributed by atoms with Gasteiger partial charge in [0.25, 0.3) is 0 Å². The third kappa shape index (κ3) is 5.94. The number of phenols is 12.